The van der Waals surface area contributed by atoms with Crippen molar-refractivity contribution in [1.29, 1.82) is 0 Å². The van der Waals surface area contributed by atoms with E-state index in [1.807, 2.05) is 0 Å². The van der Waals surface area contributed by atoms with Crippen molar-refractivity contribution in [3.63, 3.8) is 0 Å². The number of ketones is 1. The molecule has 1 spiro atoms. The van der Waals surface area contributed by atoms with Gasteiger partial charge in [-0.3, -0.25) is 4.79 Å². The van der Waals surface area contributed by atoms with Gasteiger partial charge >= 0.3 is 0 Å². The topological polar surface area (TPSA) is 17.1 Å². The van der Waals surface area contributed by atoms with E-state index in [0.717, 1.165) is 0 Å². The molecule has 0 radical (unpaired) electrons. The van der Waals surface area contributed by atoms with Crippen molar-refractivity contribution >= 4 is 16.6 Å². The monoisotopic (exact) mass is 244 g/mol. The van der Waals surface area contributed by atoms with Gasteiger partial charge in [-0.05, 0) is 27.8 Å². The Kier molecular flexibility index (Phi) is 1.15. The van der Waals surface area contributed by atoms with Crippen molar-refractivity contribution in [1.82, 2.24) is 0 Å². The summed E-state index contributed by atoms with van der Waals surface area (Å²) in [7, 11) is 0. The summed E-state index contributed by atoms with van der Waals surface area (Å²) in [4.78, 5) is 12.5. The number of Topliss-reactive ketones (excluding diaryl/α,β-unsaturated/α-hetero) is 1. The lowest BCUT2D eigenvalue weighted by atomic mass is 9.75. The molecule has 0 heterocycles. The van der Waals surface area contributed by atoms with Crippen LogP contribution in [0.4, 0.5) is 0 Å². The Morgan fingerprint density at radius 1 is 0.947 bits per heavy atom. The van der Waals surface area contributed by atoms with Gasteiger partial charge in [-0.2, -0.15) is 0 Å². The van der Waals surface area contributed by atoms with E-state index in [9.17, 15) is 4.79 Å². The van der Waals surface area contributed by atoms with Crippen LogP contribution in [-0.2, 0) is 10.2 Å². The molecule has 0 N–H and O–H groups in total. The van der Waals surface area contributed by atoms with Crippen molar-refractivity contribution in [2.24, 2.45) is 17.8 Å². The summed E-state index contributed by atoms with van der Waals surface area (Å²) in [6.45, 7) is 0. The Morgan fingerprint density at radius 3 is 2.63 bits per heavy atom. The van der Waals surface area contributed by atoms with Crippen LogP contribution in [0.3, 0.4) is 0 Å². The van der Waals surface area contributed by atoms with Crippen LogP contribution in [0.15, 0.2) is 48.6 Å². The molecule has 2 fully saturated rings. The minimum absolute atomic E-state index is 0.146. The highest BCUT2D eigenvalue weighted by atomic mass is 16.1. The predicted molar refractivity (Wildman–Crippen MR) is 73.0 cm³/mol. The van der Waals surface area contributed by atoms with Crippen LogP contribution in [0.1, 0.15) is 17.0 Å². The molecule has 0 aliphatic heterocycles. The van der Waals surface area contributed by atoms with E-state index in [1.54, 1.807) is 0 Å². The molecule has 90 valence electrons. The second-order valence-electron chi connectivity index (χ2n) is 6.48. The summed E-state index contributed by atoms with van der Waals surface area (Å²) in [5.41, 5.74) is 3.04. The molecule has 0 amide bonds. The van der Waals surface area contributed by atoms with E-state index in [2.05, 4.69) is 48.6 Å². The third-order valence-corrected chi connectivity index (χ3v) is 6.09. The fourth-order valence-corrected chi connectivity index (χ4v) is 5.59. The minimum atomic E-state index is 0.146. The van der Waals surface area contributed by atoms with Crippen molar-refractivity contribution < 1.29 is 4.79 Å². The Bertz CT molecular complexity index is 825. The van der Waals surface area contributed by atoms with Gasteiger partial charge in [-0.1, -0.05) is 48.6 Å². The number of allylic oxidation sites excluding steroid dienone is 2. The van der Waals surface area contributed by atoms with Crippen LogP contribution in [0, 0.1) is 17.8 Å². The maximum absolute atomic E-state index is 12.5. The Labute approximate surface area is 110 Å². The average Bonchev–Trinajstić information content (AvgIpc) is 2.97. The van der Waals surface area contributed by atoms with Gasteiger partial charge in [0.1, 0.15) is 5.78 Å². The molecule has 2 aromatic carbocycles. The zero-order valence-electron chi connectivity index (χ0n) is 10.3. The second kappa shape index (κ2) is 2.40. The first kappa shape index (κ1) is 9.08. The summed E-state index contributed by atoms with van der Waals surface area (Å²) < 4.78 is 0. The van der Waals surface area contributed by atoms with Gasteiger partial charge in [0.25, 0.3) is 0 Å². The van der Waals surface area contributed by atoms with E-state index >= 15 is 0 Å². The second-order valence-corrected chi connectivity index (χ2v) is 6.48. The van der Waals surface area contributed by atoms with E-state index < -0.39 is 0 Å². The van der Waals surface area contributed by atoms with Gasteiger partial charge in [0, 0.05) is 23.2 Å². The molecule has 2 aromatic rings. The normalized spacial score (nSPS) is 42.8. The maximum Gasteiger partial charge on any atom is 0.144 e. The van der Waals surface area contributed by atoms with Crippen molar-refractivity contribution in [2.45, 2.75) is 11.3 Å². The lowest BCUT2D eigenvalue weighted by molar-refractivity contribution is -0.122. The molecule has 1 heteroatoms. The summed E-state index contributed by atoms with van der Waals surface area (Å²) in [5, 5.41) is 2.79. The number of carbonyl (C=O) groups is 1. The Balaban J connectivity index is 1.84. The summed E-state index contributed by atoms with van der Waals surface area (Å²) in [6.07, 6.45) is 4.50. The average molecular weight is 244 g/mol. The number of carbonyl (C=O) groups excluding carboxylic acids is 1. The van der Waals surface area contributed by atoms with Crippen LogP contribution < -0.4 is 0 Å². The molecule has 0 aromatic heterocycles. The van der Waals surface area contributed by atoms with Crippen LogP contribution in [0.2, 0.25) is 0 Å². The highest BCUT2D eigenvalue weighted by Crippen LogP contribution is 2.80. The first-order chi connectivity index (χ1) is 9.35. The molecule has 2 saturated carbocycles. The van der Waals surface area contributed by atoms with E-state index in [0.29, 0.717) is 17.6 Å². The predicted octanol–water partition coefficient (Wildman–Crippen LogP) is 3.19. The van der Waals surface area contributed by atoms with Crippen molar-refractivity contribution in [3.8, 4) is 0 Å². The zero-order valence-corrected chi connectivity index (χ0v) is 10.3. The minimum Gasteiger partial charge on any atom is -0.299 e. The van der Waals surface area contributed by atoms with Gasteiger partial charge < -0.3 is 0 Å². The largest absolute Gasteiger partial charge is 0.299 e. The first-order valence-corrected chi connectivity index (χ1v) is 7.09. The summed E-state index contributed by atoms with van der Waals surface area (Å²) in [5.74, 6) is 1.84. The zero-order chi connectivity index (χ0) is 12.4. The highest BCUT2D eigenvalue weighted by Gasteiger charge is 2.81. The molecule has 5 atom stereocenters. The first-order valence-electron chi connectivity index (χ1n) is 7.09. The molecule has 0 saturated heterocycles. The number of hydrogen-bond donors (Lipinski definition) is 0. The Hall–Kier alpha value is -1.89. The molecule has 19 heavy (non-hydrogen) atoms. The third kappa shape index (κ3) is 0.672. The third-order valence-electron chi connectivity index (χ3n) is 6.09. The number of benzene rings is 2. The van der Waals surface area contributed by atoms with Crippen LogP contribution in [-0.4, -0.2) is 5.78 Å². The van der Waals surface area contributed by atoms with E-state index in [4.69, 9.17) is 0 Å². The molecule has 1 nitrogen and oxygen atoms in total. The van der Waals surface area contributed by atoms with Crippen LogP contribution in [0.5, 0.6) is 0 Å². The molecule has 4 bridgehead atoms. The van der Waals surface area contributed by atoms with Gasteiger partial charge in [0.2, 0.25) is 0 Å². The van der Waals surface area contributed by atoms with Crippen LogP contribution >= 0.6 is 0 Å². The Morgan fingerprint density at radius 2 is 1.79 bits per heavy atom. The summed E-state index contributed by atoms with van der Waals surface area (Å²) in [6, 6.07) is 13.2. The quantitative estimate of drug-likeness (QED) is 0.650. The van der Waals surface area contributed by atoms with Crippen LogP contribution in [0.25, 0.3) is 10.8 Å². The summed E-state index contributed by atoms with van der Waals surface area (Å²) >= 11 is 0. The molecule has 3 unspecified atom stereocenters. The van der Waals surface area contributed by atoms with Gasteiger partial charge in [0.05, 0.1) is 0 Å². The van der Waals surface area contributed by atoms with Crippen molar-refractivity contribution in [2.75, 3.05) is 0 Å². The standard InChI is InChI=1S/C18H12O/c19-17-11-7-8-13-16(17)18(13)12-6-2-4-9-3-1-5-10(14(9)12)15(11)18/h1-8,11,13,15-16H/t11?,13?,15-,16?,18-/m0/s1. The molecular weight excluding hydrogens is 232 g/mol. The van der Waals surface area contributed by atoms with E-state index in [-0.39, 0.29) is 17.3 Å². The van der Waals surface area contributed by atoms with Gasteiger partial charge in [0.15, 0.2) is 0 Å². The highest BCUT2D eigenvalue weighted by molar-refractivity contribution is 6.05. The van der Waals surface area contributed by atoms with E-state index in [1.165, 1.54) is 21.9 Å². The lowest BCUT2D eigenvalue weighted by Gasteiger charge is -2.26. The fraction of sp³-hybridized carbons (Fsp3) is 0.278. The smallest absolute Gasteiger partial charge is 0.144 e. The van der Waals surface area contributed by atoms with Gasteiger partial charge in [-0.15, -0.1) is 0 Å². The van der Waals surface area contributed by atoms with Gasteiger partial charge in [-0.25, -0.2) is 0 Å². The molecular formula is C18H12O. The maximum atomic E-state index is 12.5. The number of rotatable bonds is 0. The fourth-order valence-electron chi connectivity index (χ4n) is 5.59. The molecule has 5 aliphatic carbocycles. The SMILES string of the molecule is O=C1C2C=CC3C1[C@@]31c3cccc4cccc(c34)[C@@H]21. The molecule has 7 rings (SSSR count). The van der Waals surface area contributed by atoms with Crippen molar-refractivity contribution in [3.05, 3.63) is 59.7 Å². The number of hydrogen-bond acceptors (Lipinski definition) is 1. The molecule has 5 aliphatic rings. The lowest BCUT2D eigenvalue weighted by Crippen LogP contribution is -2.25.